The number of hydrogen-bond acceptors (Lipinski definition) is 3. The molecule has 88 valence electrons. The normalized spacial score (nSPS) is 26.7. The van der Waals surface area contributed by atoms with Gasteiger partial charge in [0, 0.05) is 25.6 Å². The number of carbonyl (C=O) groups is 1. The number of amides is 1. The first-order valence-electron chi connectivity index (χ1n) is 5.47. The molecular formula is C11H22N2O2. The SMILES string of the molecule is CC1OCCC1N(C)C(=O)CC(C)(C)N. The van der Waals surface area contributed by atoms with E-state index in [-0.39, 0.29) is 18.1 Å². The van der Waals surface area contributed by atoms with Crippen molar-refractivity contribution in [2.75, 3.05) is 13.7 Å². The quantitative estimate of drug-likeness (QED) is 0.754. The number of nitrogens with zero attached hydrogens (tertiary/aromatic N) is 1. The van der Waals surface area contributed by atoms with Crippen LogP contribution in [-0.2, 0) is 9.53 Å². The molecule has 2 unspecified atom stereocenters. The summed E-state index contributed by atoms with van der Waals surface area (Å²) in [5.74, 6) is 0.102. The van der Waals surface area contributed by atoms with Crippen LogP contribution < -0.4 is 5.73 Å². The maximum Gasteiger partial charge on any atom is 0.224 e. The van der Waals surface area contributed by atoms with Gasteiger partial charge in [-0.25, -0.2) is 0 Å². The molecule has 1 amide bonds. The molecule has 1 rings (SSSR count). The van der Waals surface area contributed by atoms with Crippen molar-refractivity contribution in [1.29, 1.82) is 0 Å². The monoisotopic (exact) mass is 214 g/mol. The number of likely N-dealkylation sites (N-methyl/N-ethyl adjacent to an activating group) is 1. The van der Waals surface area contributed by atoms with Crippen LogP contribution in [0.25, 0.3) is 0 Å². The van der Waals surface area contributed by atoms with Crippen molar-refractivity contribution < 1.29 is 9.53 Å². The Labute approximate surface area is 91.8 Å². The van der Waals surface area contributed by atoms with Crippen LogP contribution in [0.1, 0.15) is 33.6 Å². The summed E-state index contributed by atoms with van der Waals surface area (Å²) in [6.07, 6.45) is 1.45. The fourth-order valence-electron chi connectivity index (χ4n) is 1.93. The van der Waals surface area contributed by atoms with E-state index in [0.717, 1.165) is 13.0 Å². The molecule has 15 heavy (non-hydrogen) atoms. The maximum absolute atomic E-state index is 11.9. The van der Waals surface area contributed by atoms with E-state index in [1.807, 2.05) is 27.8 Å². The van der Waals surface area contributed by atoms with E-state index >= 15 is 0 Å². The van der Waals surface area contributed by atoms with Crippen molar-refractivity contribution >= 4 is 5.91 Å². The van der Waals surface area contributed by atoms with E-state index in [1.54, 1.807) is 4.90 Å². The zero-order valence-corrected chi connectivity index (χ0v) is 10.1. The molecule has 0 spiro atoms. The van der Waals surface area contributed by atoms with Gasteiger partial charge in [-0.1, -0.05) is 0 Å². The van der Waals surface area contributed by atoms with Crippen molar-refractivity contribution in [3.05, 3.63) is 0 Å². The molecule has 0 bridgehead atoms. The Hall–Kier alpha value is -0.610. The van der Waals surface area contributed by atoms with Crippen LogP contribution in [0, 0.1) is 0 Å². The van der Waals surface area contributed by atoms with Gasteiger partial charge in [0.15, 0.2) is 0 Å². The Morgan fingerprint density at radius 2 is 2.20 bits per heavy atom. The minimum absolute atomic E-state index is 0.102. The number of hydrogen-bond donors (Lipinski definition) is 1. The molecule has 1 heterocycles. The van der Waals surface area contributed by atoms with Gasteiger partial charge in [0.1, 0.15) is 0 Å². The minimum atomic E-state index is -0.436. The van der Waals surface area contributed by atoms with Gasteiger partial charge in [0.25, 0.3) is 0 Å². The zero-order chi connectivity index (χ0) is 11.6. The number of ether oxygens (including phenoxy) is 1. The molecule has 0 aromatic carbocycles. The first kappa shape index (κ1) is 12.5. The van der Waals surface area contributed by atoms with Crippen LogP contribution >= 0.6 is 0 Å². The highest BCUT2D eigenvalue weighted by molar-refractivity contribution is 5.77. The summed E-state index contributed by atoms with van der Waals surface area (Å²) in [6.45, 7) is 6.49. The Kier molecular flexibility index (Phi) is 3.73. The average molecular weight is 214 g/mol. The van der Waals surface area contributed by atoms with E-state index in [0.29, 0.717) is 6.42 Å². The lowest BCUT2D eigenvalue weighted by atomic mass is 10.0. The molecule has 1 saturated heterocycles. The number of carbonyl (C=O) groups excluding carboxylic acids is 1. The molecular weight excluding hydrogens is 192 g/mol. The summed E-state index contributed by atoms with van der Waals surface area (Å²) in [5, 5.41) is 0. The molecule has 4 nitrogen and oxygen atoms in total. The van der Waals surface area contributed by atoms with Crippen LogP contribution in [0.3, 0.4) is 0 Å². The van der Waals surface area contributed by atoms with Crippen molar-refractivity contribution in [2.24, 2.45) is 5.73 Å². The first-order valence-corrected chi connectivity index (χ1v) is 5.47. The fraction of sp³-hybridized carbons (Fsp3) is 0.909. The van der Waals surface area contributed by atoms with Crippen LogP contribution in [0.15, 0.2) is 0 Å². The molecule has 1 aliphatic heterocycles. The van der Waals surface area contributed by atoms with Gasteiger partial charge in [0.2, 0.25) is 5.91 Å². The topological polar surface area (TPSA) is 55.6 Å². The van der Waals surface area contributed by atoms with Crippen LogP contribution in [0.2, 0.25) is 0 Å². The third-order valence-corrected chi connectivity index (χ3v) is 2.83. The summed E-state index contributed by atoms with van der Waals surface area (Å²) in [6, 6.07) is 0.208. The summed E-state index contributed by atoms with van der Waals surface area (Å²) in [7, 11) is 1.84. The number of rotatable bonds is 3. The van der Waals surface area contributed by atoms with Crippen molar-refractivity contribution in [3.8, 4) is 0 Å². The highest BCUT2D eigenvalue weighted by Gasteiger charge is 2.31. The van der Waals surface area contributed by atoms with E-state index < -0.39 is 5.54 Å². The molecule has 2 N–H and O–H groups in total. The van der Waals surface area contributed by atoms with Gasteiger partial charge >= 0.3 is 0 Å². The van der Waals surface area contributed by atoms with E-state index in [1.165, 1.54) is 0 Å². The molecule has 0 aliphatic carbocycles. The van der Waals surface area contributed by atoms with E-state index in [4.69, 9.17) is 10.5 Å². The number of nitrogens with two attached hydrogens (primary N) is 1. The molecule has 4 heteroatoms. The second-order valence-electron chi connectivity index (χ2n) is 5.10. The first-order chi connectivity index (χ1) is 6.81. The van der Waals surface area contributed by atoms with Gasteiger partial charge in [-0.15, -0.1) is 0 Å². The second-order valence-corrected chi connectivity index (χ2v) is 5.10. The second kappa shape index (κ2) is 4.49. The van der Waals surface area contributed by atoms with Crippen molar-refractivity contribution in [2.45, 2.75) is 51.3 Å². The standard InChI is InChI=1S/C11H22N2O2/c1-8-9(5-6-15-8)13(4)10(14)7-11(2,3)12/h8-9H,5-7,12H2,1-4H3. The lowest BCUT2D eigenvalue weighted by Gasteiger charge is -2.29. The van der Waals surface area contributed by atoms with Gasteiger partial charge in [-0.2, -0.15) is 0 Å². The van der Waals surface area contributed by atoms with Gasteiger partial charge in [-0.3, -0.25) is 4.79 Å². The maximum atomic E-state index is 11.9. The molecule has 1 aliphatic rings. The summed E-state index contributed by atoms with van der Waals surface area (Å²) in [4.78, 5) is 13.7. The van der Waals surface area contributed by atoms with E-state index in [9.17, 15) is 4.79 Å². The summed E-state index contributed by atoms with van der Waals surface area (Å²) < 4.78 is 5.44. The van der Waals surface area contributed by atoms with Crippen LogP contribution in [0.4, 0.5) is 0 Å². The largest absolute Gasteiger partial charge is 0.376 e. The summed E-state index contributed by atoms with van der Waals surface area (Å²) >= 11 is 0. The van der Waals surface area contributed by atoms with Crippen molar-refractivity contribution in [3.63, 3.8) is 0 Å². The predicted octanol–water partition coefficient (Wildman–Crippen LogP) is 0.750. The molecule has 0 aromatic rings. The molecule has 0 aromatic heterocycles. The average Bonchev–Trinajstić information content (AvgIpc) is 2.47. The van der Waals surface area contributed by atoms with Crippen LogP contribution in [0.5, 0.6) is 0 Å². The van der Waals surface area contributed by atoms with Crippen LogP contribution in [-0.4, -0.2) is 42.1 Å². The highest BCUT2D eigenvalue weighted by Crippen LogP contribution is 2.19. The van der Waals surface area contributed by atoms with Gasteiger partial charge < -0.3 is 15.4 Å². The summed E-state index contributed by atoms with van der Waals surface area (Å²) in [5.41, 5.74) is 5.39. The Bertz CT molecular complexity index is 235. The zero-order valence-electron chi connectivity index (χ0n) is 10.1. The Morgan fingerprint density at radius 3 is 2.60 bits per heavy atom. The fourth-order valence-corrected chi connectivity index (χ4v) is 1.93. The smallest absolute Gasteiger partial charge is 0.224 e. The third kappa shape index (κ3) is 3.47. The van der Waals surface area contributed by atoms with E-state index in [2.05, 4.69) is 0 Å². The molecule has 0 saturated carbocycles. The Morgan fingerprint density at radius 1 is 1.60 bits per heavy atom. The lowest BCUT2D eigenvalue weighted by molar-refractivity contribution is -0.133. The Balaban J connectivity index is 2.52. The van der Waals surface area contributed by atoms with Crippen molar-refractivity contribution in [1.82, 2.24) is 4.90 Å². The lowest BCUT2D eigenvalue weighted by Crippen LogP contribution is -2.45. The molecule has 2 atom stereocenters. The molecule has 0 radical (unpaired) electrons. The van der Waals surface area contributed by atoms with Gasteiger partial charge in [-0.05, 0) is 27.2 Å². The molecule has 1 fully saturated rings. The minimum Gasteiger partial charge on any atom is -0.376 e. The van der Waals surface area contributed by atoms with Gasteiger partial charge in [0.05, 0.1) is 12.1 Å². The predicted molar refractivity (Wildman–Crippen MR) is 59.5 cm³/mol. The highest BCUT2D eigenvalue weighted by atomic mass is 16.5. The third-order valence-electron chi connectivity index (χ3n) is 2.83.